The smallest absolute Gasteiger partial charge is 0.206 e. The van der Waals surface area contributed by atoms with Crippen molar-refractivity contribution < 1.29 is 0 Å². The number of hydrogen-bond donors (Lipinski definition) is 3. The molecule has 0 aromatic carbocycles. The number of aliphatic imine (C=N–C) groups is 1. The monoisotopic (exact) mass is 240 g/mol. The summed E-state index contributed by atoms with van der Waals surface area (Å²) in [6.07, 6.45) is 10.0. The highest BCUT2D eigenvalue weighted by Gasteiger charge is 2.15. The Morgan fingerprint density at radius 1 is 1.35 bits per heavy atom. The first kappa shape index (κ1) is 14.3. The lowest BCUT2D eigenvalue weighted by Crippen LogP contribution is -2.46. The number of nitrogens with zero attached hydrogens (tertiary/aromatic N) is 1. The first-order valence-corrected chi connectivity index (χ1v) is 7.07. The predicted octanol–water partition coefficient (Wildman–Crippen LogP) is 2.31. The van der Waals surface area contributed by atoms with E-state index < -0.39 is 0 Å². The molecule has 100 valence electrons. The summed E-state index contributed by atoms with van der Waals surface area (Å²) in [6.45, 7) is 4.42. The molecule has 1 unspecified atom stereocenters. The fourth-order valence-corrected chi connectivity index (χ4v) is 2.34. The zero-order chi connectivity index (χ0) is 12.5. The lowest BCUT2D eigenvalue weighted by Gasteiger charge is -2.17. The van der Waals surface area contributed by atoms with Gasteiger partial charge in [-0.15, -0.1) is 0 Å². The van der Waals surface area contributed by atoms with Crippen molar-refractivity contribution in [3.63, 3.8) is 0 Å². The Morgan fingerprint density at radius 2 is 2.06 bits per heavy atom. The van der Waals surface area contributed by atoms with Gasteiger partial charge >= 0.3 is 0 Å². The number of unbranched alkanes of at least 4 members (excludes halogenated alkanes) is 2. The van der Waals surface area contributed by atoms with Crippen LogP contribution in [0.5, 0.6) is 0 Å². The zero-order valence-corrected chi connectivity index (χ0v) is 11.3. The van der Waals surface area contributed by atoms with Crippen LogP contribution in [0.4, 0.5) is 0 Å². The van der Waals surface area contributed by atoms with E-state index in [1.54, 1.807) is 0 Å². The SMILES string of the molecule is CCCCCC(C)NC(=NC1CCCC1)NN. The van der Waals surface area contributed by atoms with E-state index >= 15 is 0 Å². The van der Waals surface area contributed by atoms with Gasteiger partial charge in [0.2, 0.25) is 5.96 Å². The van der Waals surface area contributed by atoms with E-state index in [9.17, 15) is 0 Å². The molecule has 4 N–H and O–H groups in total. The lowest BCUT2D eigenvalue weighted by atomic mass is 10.1. The molecule has 0 amide bonds. The summed E-state index contributed by atoms with van der Waals surface area (Å²) in [5.41, 5.74) is 2.69. The molecule has 0 aromatic heterocycles. The Morgan fingerprint density at radius 3 is 2.65 bits per heavy atom. The summed E-state index contributed by atoms with van der Waals surface area (Å²) >= 11 is 0. The molecule has 4 heteroatoms. The van der Waals surface area contributed by atoms with Crippen LogP contribution in [0.3, 0.4) is 0 Å². The molecule has 0 spiro atoms. The molecular weight excluding hydrogens is 212 g/mol. The van der Waals surface area contributed by atoms with Gasteiger partial charge in [-0.1, -0.05) is 39.0 Å². The van der Waals surface area contributed by atoms with Crippen molar-refractivity contribution in [2.75, 3.05) is 0 Å². The van der Waals surface area contributed by atoms with E-state index in [2.05, 4.69) is 29.6 Å². The minimum atomic E-state index is 0.442. The fraction of sp³-hybridized carbons (Fsp3) is 0.923. The van der Waals surface area contributed by atoms with Crippen LogP contribution in [0.1, 0.15) is 65.2 Å². The summed E-state index contributed by atoms with van der Waals surface area (Å²) in [7, 11) is 0. The van der Waals surface area contributed by atoms with Crippen molar-refractivity contribution in [3.8, 4) is 0 Å². The van der Waals surface area contributed by atoms with E-state index in [1.165, 1.54) is 51.4 Å². The van der Waals surface area contributed by atoms with Crippen molar-refractivity contribution in [2.45, 2.75) is 77.3 Å². The highest BCUT2D eigenvalue weighted by Crippen LogP contribution is 2.20. The first-order valence-electron chi connectivity index (χ1n) is 7.07. The van der Waals surface area contributed by atoms with Gasteiger partial charge in [-0.05, 0) is 26.2 Å². The van der Waals surface area contributed by atoms with Gasteiger partial charge < -0.3 is 5.32 Å². The molecule has 0 aliphatic heterocycles. The fourth-order valence-electron chi connectivity index (χ4n) is 2.34. The summed E-state index contributed by atoms with van der Waals surface area (Å²) in [5.74, 6) is 6.28. The highest BCUT2D eigenvalue weighted by atomic mass is 15.3. The number of rotatable bonds is 6. The molecule has 17 heavy (non-hydrogen) atoms. The number of hydrazine groups is 1. The molecule has 1 rings (SSSR count). The number of guanidine groups is 1. The largest absolute Gasteiger partial charge is 0.353 e. The number of nitrogens with two attached hydrogens (primary N) is 1. The van der Waals surface area contributed by atoms with Crippen molar-refractivity contribution >= 4 is 5.96 Å². The normalized spacial score (nSPS) is 19.4. The zero-order valence-electron chi connectivity index (χ0n) is 11.3. The van der Waals surface area contributed by atoms with Crippen LogP contribution >= 0.6 is 0 Å². The lowest BCUT2D eigenvalue weighted by molar-refractivity contribution is 0.544. The first-order chi connectivity index (χ1) is 8.26. The third kappa shape index (κ3) is 5.91. The standard InChI is InChI=1S/C13H28N4/c1-3-4-5-8-11(2)15-13(17-14)16-12-9-6-7-10-12/h11-12H,3-10,14H2,1-2H3,(H2,15,16,17). The van der Waals surface area contributed by atoms with Crippen LogP contribution in [0.25, 0.3) is 0 Å². The predicted molar refractivity (Wildman–Crippen MR) is 73.8 cm³/mol. The molecule has 1 aliphatic rings. The Bertz CT molecular complexity index is 221. The maximum atomic E-state index is 5.51. The molecule has 0 heterocycles. The van der Waals surface area contributed by atoms with Crippen LogP contribution in [0.15, 0.2) is 4.99 Å². The second-order valence-corrected chi connectivity index (χ2v) is 5.10. The molecule has 1 aliphatic carbocycles. The summed E-state index contributed by atoms with van der Waals surface area (Å²) < 4.78 is 0. The number of hydrogen-bond acceptors (Lipinski definition) is 2. The van der Waals surface area contributed by atoms with Crippen molar-refractivity contribution in [2.24, 2.45) is 10.8 Å². The summed E-state index contributed by atoms with van der Waals surface area (Å²) in [6, 6.07) is 0.911. The molecule has 1 fully saturated rings. The van der Waals surface area contributed by atoms with E-state index in [-0.39, 0.29) is 0 Å². The van der Waals surface area contributed by atoms with Gasteiger partial charge in [-0.3, -0.25) is 5.43 Å². The maximum absolute atomic E-state index is 5.51. The Labute approximate surface area is 105 Å². The molecule has 0 aromatic rings. The average Bonchev–Trinajstić information content (AvgIpc) is 2.81. The van der Waals surface area contributed by atoms with Gasteiger partial charge in [0.1, 0.15) is 0 Å². The second kappa shape index (κ2) is 8.34. The van der Waals surface area contributed by atoms with Crippen LogP contribution in [0, 0.1) is 0 Å². The number of nitrogens with one attached hydrogen (secondary N) is 2. The van der Waals surface area contributed by atoms with Gasteiger partial charge in [0.25, 0.3) is 0 Å². The molecule has 1 saturated carbocycles. The third-order valence-corrected chi connectivity index (χ3v) is 3.40. The summed E-state index contributed by atoms with van der Waals surface area (Å²) in [5, 5.41) is 3.37. The topological polar surface area (TPSA) is 62.4 Å². The maximum Gasteiger partial charge on any atom is 0.206 e. The molecule has 0 bridgehead atoms. The van der Waals surface area contributed by atoms with Gasteiger partial charge in [0, 0.05) is 6.04 Å². The van der Waals surface area contributed by atoms with Crippen LogP contribution in [-0.4, -0.2) is 18.0 Å². The minimum Gasteiger partial charge on any atom is -0.353 e. The van der Waals surface area contributed by atoms with E-state index in [4.69, 9.17) is 5.84 Å². The highest BCUT2D eigenvalue weighted by molar-refractivity contribution is 5.79. The quantitative estimate of drug-likeness (QED) is 0.219. The molecule has 1 atom stereocenters. The van der Waals surface area contributed by atoms with Crippen LogP contribution in [-0.2, 0) is 0 Å². The van der Waals surface area contributed by atoms with Crippen LogP contribution < -0.4 is 16.6 Å². The Kier molecular flexibility index (Phi) is 7.01. The average molecular weight is 240 g/mol. The van der Waals surface area contributed by atoms with Gasteiger partial charge in [-0.2, -0.15) is 0 Å². The molecule has 0 saturated heterocycles. The van der Waals surface area contributed by atoms with Crippen molar-refractivity contribution in [3.05, 3.63) is 0 Å². The Hall–Kier alpha value is -0.770. The Balaban J connectivity index is 2.29. The van der Waals surface area contributed by atoms with E-state index in [1.807, 2.05) is 0 Å². The van der Waals surface area contributed by atoms with Crippen LogP contribution in [0.2, 0.25) is 0 Å². The molecule has 4 nitrogen and oxygen atoms in total. The second-order valence-electron chi connectivity index (χ2n) is 5.10. The van der Waals surface area contributed by atoms with Gasteiger partial charge in [-0.25, -0.2) is 10.8 Å². The van der Waals surface area contributed by atoms with Crippen molar-refractivity contribution in [1.29, 1.82) is 0 Å². The third-order valence-electron chi connectivity index (χ3n) is 3.40. The van der Waals surface area contributed by atoms with E-state index in [0.717, 1.165) is 5.96 Å². The van der Waals surface area contributed by atoms with Gasteiger partial charge in [0.05, 0.1) is 6.04 Å². The summed E-state index contributed by atoms with van der Waals surface area (Å²) in [4.78, 5) is 4.63. The van der Waals surface area contributed by atoms with Gasteiger partial charge in [0.15, 0.2) is 0 Å². The molecular formula is C13H28N4. The van der Waals surface area contributed by atoms with E-state index in [0.29, 0.717) is 12.1 Å². The molecule has 0 radical (unpaired) electrons. The van der Waals surface area contributed by atoms with Crippen molar-refractivity contribution in [1.82, 2.24) is 10.7 Å². The minimum absolute atomic E-state index is 0.442.